The van der Waals surface area contributed by atoms with E-state index in [4.69, 9.17) is 0 Å². The number of hydrogen-bond acceptors (Lipinski definition) is 2. The van der Waals surface area contributed by atoms with Gasteiger partial charge >= 0.3 is 0 Å². The van der Waals surface area contributed by atoms with Crippen molar-refractivity contribution >= 4 is 10.8 Å². The number of hydrogen-bond donors (Lipinski definition) is 1. The molecular weight excluding hydrogens is 158 g/mol. The van der Waals surface area contributed by atoms with Crippen molar-refractivity contribution in [1.82, 2.24) is 5.32 Å². The smallest absolute Gasteiger partial charge is 0.0391 e. The summed E-state index contributed by atoms with van der Waals surface area (Å²) in [6, 6.07) is 0.343. The first-order chi connectivity index (χ1) is 4.88. The zero-order valence-electron chi connectivity index (χ0n) is 8.10. The summed E-state index contributed by atoms with van der Waals surface area (Å²) in [5, 5.41) is 3.07. The Labute approximate surface area is 72.2 Å². The predicted octanol–water partition coefficient (Wildman–Crippen LogP) is 1.14. The van der Waals surface area contributed by atoms with Gasteiger partial charge < -0.3 is 5.32 Å². The van der Waals surface area contributed by atoms with Gasteiger partial charge in [0, 0.05) is 27.3 Å². The van der Waals surface area contributed by atoms with Crippen LogP contribution >= 0.6 is 0 Å². The van der Waals surface area contributed by atoms with Crippen LogP contribution in [-0.2, 0) is 10.8 Å². The SMILES string of the molecule is CNC(C)CS(=O)C(C)(C)C. The standard InChI is InChI=1S/C8H19NOS/c1-7(9-5)6-11(10)8(2,3)4/h7,9H,6H2,1-5H3. The molecule has 0 aromatic rings. The van der Waals surface area contributed by atoms with Crippen molar-refractivity contribution in [3.8, 4) is 0 Å². The van der Waals surface area contributed by atoms with Crippen LogP contribution < -0.4 is 5.32 Å². The van der Waals surface area contributed by atoms with Crippen LogP contribution in [-0.4, -0.2) is 27.8 Å². The van der Waals surface area contributed by atoms with Crippen LogP contribution in [0, 0.1) is 0 Å². The highest BCUT2D eigenvalue weighted by atomic mass is 32.2. The number of nitrogens with one attached hydrogen (secondary N) is 1. The zero-order valence-corrected chi connectivity index (χ0v) is 8.92. The summed E-state index contributed by atoms with van der Waals surface area (Å²) < 4.78 is 11.4. The second-order valence-electron chi connectivity index (χ2n) is 3.81. The van der Waals surface area contributed by atoms with Gasteiger partial charge in [0.05, 0.1) is 0 Å². The average molecular weight is 177 g/mol. The second-order valence-corrected chi connectivity index (χ2v) is 6.06. The van der Waals surface area contributed by atoms with E-state index in [1.165, 1.54) is 0 Å². The molecule has 0 spiro atoms. The van der Waals surface area contributed by atoms with Crippen LogP contribution in [0.3, 0.4) is 0 Å². The van der Waals surface area contributed by atoms with Gasteiger partial charge in [-0.15, -0.1) is 0 Å². The maximum absolute atomic E-state index is 11.5. The van der Waals surface area contributed by atoms with Gasteiger partial charge in [-0.05, 0) is 34.7 Å². The Morgan fingerprint density at radius 2 is 1.91 bits per heavy atom. The molecule has 0 radical (unpaired) electrons. The van der Waals surface area contributed by atoms with Crippen LogP contribution in [0.1, 0.15) is 27.7 Å². The molecule has 0 saturated heterocycles. The lowest BCUT2D eigenvalue weighted by atomic mass is 10.3. The van der Waals surface area contributed by atoms with E-state index >= 15 is 0 Å². The summed E-state index contributed by atoms with van der Waals surface area (Å²) in [5.74, 6) is 0.736. The first kappa shape index (κ1) is 11.1. The molecule has 0 rings (SSSR count). The molecule has 0 fully saturated rings. The summed E-state index contributed by atoms with van der Waals surface area (Å²) in [6.07, 6.45) is 0. The largest absolute Gasteiger partial charge is 0.316 e. The van der Waals surface area contributed by atoms with Crippen molar-refractivity contribution in [1.29, 1.82) is 0 Å². The van der Waals surface area contributed by atoms with Gasteiger partial charge in [0.25, 0.3) is 0 Å². The van der Waals surface area contributed by atoms with E-state index in [1.54, 1.807) is 0 Å². The van der Waals surface area contributed by atoms with E-state index in [2.05, 4.69) is 5.32 Å². The van der Waals surface area contributed by atoms with Gasteiger partial charge in [-0.2, -0.15) is 0 Å². The molecule has 2 nitrogen and oxygen atoms in total. The Morgan fingerprint density at radius 1 is 1.45 bits per heavy atom. The van der Waals surface area contributed by atoms with Crippen molar-refractivity contribution in [2.24, 2.45) is 0 Å². The Morgan fingerprint density at radius 3 is 2.18 bits per heavy atom. The Kier molecular flexibility index (Phi) is 4.26. The summed E-state index contributed by atoms with van der Waals surface area (Å²) in [7, 11) is 1.16. The van der Waals surface area contributed by atoms with Gasteiger partial charge in [-0.1, -0.05) is 0 Å². The van der Waals surface area contributed by atoms with Gasteiger partial charge in [0.15, 0.2) is 0 Å². The molecule has 0 aromatic carbocycles. The Balaban J connectivity index is 3.88. The molecule has 0 aromatic heterocycles. The van der Waals surface area contributed by atoms with Gasteiger partial charge in [0.1, 0.15) is 0 Å². The zero-order chi connectivity index (χ0) is 9.07. The van der Waals surface area contributed by atoms with Crippen LogP contribution in [0.4, 0.5) is 0 Å². The lowest BCUT2D eigenvalue weighted by Crippen LogP contribution is -2.34. The fourth-order valence-corrected chi connectivity index (χ4v) is 1.68. The minimum Gasteiger partial charge on any atom is -0.316 e. The monoisotopic (exact) mass is 177 g/mol. The topological polar surface area (TPSA) is 29.1 Å². The molecule has 0 aliphatic heterocycles. The lowest BCUT2D eigenvalue weighted by molar-refractivity contribution is 0.621. The minimum absolute atomic E-state index is 0.0783. The van der Waals surface area contributed by atoms with Gasteiger partial charge in [-0.3, -0.25) is 4.21 Å². The summed E-state index contributed by atoms with van der Waals surface area (Å²) in [5.41, 5.74) is 0. The molecule has 0 bridgehead atoms. The highest BCUT2D eigenvalue weighted by Crippen LogP contribution is 2.11. The first-order valence-corrected chi connectivity index (χ1v) is 5.25. The molecular formula is C8H19NOS. The van der Waals surface area contributed by atoms with Crippen LogP contribution in [0.2, 0.25) is 0 Å². The minimum atomic E-state index is -0.730. The normalized spacial score (nSPS) is 17.9. The van der Waals surface area contributed by atoms with E-state index in [9.17, 15) is 4.21 Å². The maximum Gasteiger partial charge on any atom is 0.0391 e. The van der Waals surface area contributed by atoms with Crippen LogP contribution in [0.25, 0.3) is 0 Å². The van der Waals surface area contributed by atoms with E-state index in [-0.39, 0.29) is 4.75 Å². The predicted molar refractivity (Wildman–Crippen MR) is 51.3 cm³/mol. The Bertz CT molecular complexity index is 140. The molecule has 0 heterocycles. The maximum atomic E-state index is 11.5. The summed E-state index contributed by atoms with van der Waals surface area (Å²) in [6.45, 7) is 8.06. The lowest BCUT2D eigenvalue weighted by Gasteiger charge is -2.20. The van der Waals surface area contributed by atoms with E-state index in [0.717, 1.165) is 5.75 Å². The molecule has 2 atom stereocenters. The van der Waals surface area contributed by atoms with Crippen molar-refractivity contribution in [2.45, 2.75) is 38.5 Å². The van der Waals surface area contributed by atoms with Crippen molar-refractivity contribution in [2.75, 3.05) is 12.8 Å². The second kappa shape index (κ2) is 4.21. The van der Waals surface area contributed by atoms with E-state index in [0.29, 0.717) is 6.04 Å². The highest BCUT2D eigenvalue weighted by Gasteiger charge is 2.20. The molecule has 0 aliphatic rings. The summed E-state index contributed by atoms with van der Waals surface area (Å²) in [4.78, 5) is 0. The molecule has 2 unspecified atom stereocenters. The van der Waals surface area contributed by atoms with Crippen LogP contribution in [0.15, 0.2) is 0 Å². The third kappa shape index (κ3) is 4.53. The van der Waals surface area contributed by atoms with Crippen molar-refractivity contribution in [3.63, 3.8) is 0 Å². The molecule has 3 heteroatoms. The molecule has 11 heavy (non-hydrogen) atoms. The first-order valence-electron chi connectivity index (χ1n) is 3.93. The molecule has 0 saturated carbocycles. The fourth-order valence-electron chi connectivity index (χ4n) is 0.560. The van der Waals surface area contributed by atoms with E-state index in [1.807, 2.05) is 34.7 Å². The quantitative estimate of drug-likeness (QED) is 0.700. The fraction of sp³-hybridized carbons (Fsp3) is 1.00. The molecule has 0 amide bonds. The van der Waals surface area contributed by atoms with Crippen molar-refractivity contribution < 1.29 is 4.21 Å². The third-order valence-electron chi connectivity index (χ3n) is 1.58. The van der Waals surface area contributed by atoms with Crippen LogP contribution in [0.5, 0.6) is 0 Å². The highest BCUT2D eigenvalue weighted by molar-refractivity contribution is 7.86. The van der Waals surface area contributed by atoms with Crippen molar-refractivity contribution in [3.05, 3.63) is 0 Å². The Hall–Kier alpha value is 0.110. The van der Waals surface area contributed by atoms with Gasteiger partial charge in [-0.25, -0.2) is 0 Å². The summed E-state index contributed by atoms with van der Waals surface area (Å²) >= 11 is 0. The third-order valence-corrected chi connectivity index (χ3v) is 3.75. The number of rotatable bonds is 3. The van der Waals surface area contributed by atoms with E-state index < -0.39 is 10.8 Å². The molecule has 68 valence electrons. The molecule has 0 aliphatic carbocycles. The molecule has 1 N–H and O–H groups in total. The van der Waals surface area contributed by atoms with Gasteiger partial charge in [0.2, 0.25) is 0 Å². The average Bonchev–Trinajstić information content (AvgIpc) is 1.85.